The minimum absolute atomic E-state index is 0.00696. The van der Waals surface area contributed by atoms with Gasteiger partial charge in [-0.1, -0.05) is 18.2 Å². The van der Waals surface area contributed by atoms with E-state index in [1.54, 1.807) is 37.3 Å². The average Bonchev–Trinajstić information content (AvgIpc) is 3.05. The van der Waals surface area contributed by atoms with Gasteiger partial charge >= 0.3 is 0 Å². The fourth-order valence-electron chi connectivity index (χ4n) is 2.50. The maximum absolute atomic E-state index is 14.1. The zero-order valence-corrected chi connectivity index (χ0v) is 13.9. The predicted molar refractivity (Wildman–Crippen MR) is 94.8 cm³/mol. The molecule has 0 spiro atoms. The van der Waals surface area contributed by atoms with Gasteiger partial charge < -0.3 is 10.4 Å². The third-order valence-corrected chi connectivity index (χ3v) is 3.73. The Hall–Kier alpha value is -3.50. The van der Waals surface area contributed by atoms with E-state index < -0.39 is 11.7 Å². The normalized spacial score (nSPS) is 10.4. The van der Waals surface area contributed by atoms with Gasteiger partial charge in [-0.2, -0.15) is 5.10 Å². The fraction of sp³-hybridized carbons (Fsp3) is 0.105. The number of nitrogens with zero attached hydrogens (tertiary/aromatic N) is 3. The molecule has 0 saturated heterocycles. The van der Waals surface area contributed by atoms with Crippen molar-refractivity contribution in [1.29, 1.82) is 0 Å². The number of halogens is 1. The van der Waals surface area contributed by atoms with Gasteiger partial charge in [0, 0.05) is 0 Å². The Bertz CT molecular complexity index is 1020. The molecule has 1 aromatic heterocycles. The molecule has 130 valence electrons. The molecule has 0 saturated carbocycles. The molecule has 6 nitrogen and oxygen atoms in total. The van der Waals surface area contributed by atoms with Crippen LogP contribution in [0.1, 0.15) is 21.7 Å². The van der Waals surface area contributed by atoms with E-state index in [1.807, 2.05) is 0 Å². The number of amides is 1. The second-order valence-corrected chi connectivity index (χ2v) is 5.64. The summed E-state index contributed by atoms with van der Waals surface area (Å²) in [7, 11) is 0. The Morgan fingerprint density at radius 1 is 1.31 bits per heavy atom. The Kier molecular flexibility index (Phi) is 4.78. The molecule has 1 amide bonds. The van der Waals surface area contributed by atoms with Crippen molar-refractivity contribution in [1.82, 2.24) is 9.78 Å². The fourth-order valence-corrected chi connectivity index (χ4v) is 2.50. The predicted octanol–water partition coefficient (Wildman–Crippen LogP) is 3.62. The summed E-state index contributed by atoms with van der Waals surface area (Å²) in [4.78, 5) is 16.0. The Morgan fingerprint density at radius 2 is 2.12 bits per heavy atom. The number of hydrogen-bond acceptors (Lipinski definition) is 3. The van der Waals surface area contributed by atoms with Crippen molar-refractivity contribution in [2.75, 3.05) is 5.32 Å². The number of aryl methyl sites for hydroxylation is 1. The van der Waals surface area contributed by atoms with Crippen molar-refractivity contribution in [3.05, 3.63) is 82.7 Å². The Morgan fingerprint density at radius 3 is 2.81 bits per heavy atom. The molecular weight excluding hydrogens is 335 g/mol. The van der Waals surface area contributed by atoms with Crippen molar-refractivity contribution in [2.45, 2.75) is 13.5 Å². The standard InChI is InChI=1S/C19H15FN4O2/c1-12-8-18(24(23-12)15-5-3-4-14(10-15)21-2)19(26)22-17-7-6-13(11-25)9-16(17)20/h3-10,25H,11H2,1H3,(H,22,26). The first kappa shape index (κ1) is 17.3. The first-order valence-electron chi connectivity index (χ1n) is 7.77. The van der Waals surface area contributed by atoms with Crippen molar-refractivity contribution < 1.29 is 14.3 Å². The molecule has 3 aromatic rings. The molecular formula is C19H15FN4O2. The van der Waals surface area contributed by atoms with E-state index in [9.17, 15) is 9.18 Å². The van der Waals surface area contributed by atoms with E-state index >= 15 is 0 Å². The molecule has 7 heteroatoms. The second kappa shape index (κ2) is 7.17. The highest BCUT2D eigenvalue weighted by molar-refractivity contribution is 6.03. The lowest BCUT2D eigenvalue weighted by Crippen LogP contribution is -2.17. The van der Waals surface area contributed by atoms with Gasteiger partial charge in [0.15, 0.2) is 5.69 Å². The number of aromatic nitrogens is 2. The zero-order valence-electron chi connectivity index (χ0n) is 13.9. The second-order valence-electron chi connectivity index (χ2n) is 5.64. The average molecular weight is 350 g/mol. The van der Waals surface area contributed by atoms with E-state index in [0.717, 1.165) is 6.07 Å². The summed E-state index contributed by atoms with van der Waals surface area (Å²) in [5.41, 5.74) is 2.24. The minimum atomic E-state index is -0.636. The number of rotatable bonds is 4. The summed E-state index contributed by atoms with van der Waals surface area (Å²) >= 11 is 0. The van der Waals surface area contributed by atoms with Crippen LogP contribution in [0, 0.1) is 19.3 Å². The minimum Gasteiger partial charge on any atom is -0.392 e. The van der Waals surface area contributed by atoms with E-state index in [0.29, 0.717) is 22.6 Å². The molecule has 0 aliphatic heterocycles. The lowest BCUT2D eigenvalue weighted by Gasteiger charge is -2.10. The van der Waals surface area contributed by atoms with Gasteiger partial charge in [-0.15, -0.1) is 0 Å². The van der Waals surface area contributed by atoms with Crippen molar-refractivity contribution in [3.8, 4) is 5.69 Å². The SMILES string of the molecule is [C-]#[N+]c1cccc(-n2nc(C)cc2C(=O)Nc2ccc(CO)cc2F)c1. The van der Waals surface area contributed by atoms with E-state index in [1.165, 1.54) is 16.8 Å². The number of carbonyl (C=O) groups excluding carboxylic acids is 1. The molecule has 2 aromatic carbocycles. The summed E-state index contributed by atoms with van der Waals surface area (Å²) < 4.78 is 15.5. The molecule has 0 fully saturated rings. The number of hydrogen-bond donors (Lipinski definition) is 2. The molecule has 0 unspecified atom stereocenters. The monoisotopic (exact) mass is 350 g/mol. The molecule has 2 N–H and O–H groups in total. The smallest absolute Gasteiger partial charge is 0.274 e. The molecule has 0 bridgehead atoms. The van der Waals surface area contributed by atoms with Crippen LogP contribution in [0.15, 0.2) is 48.5 Å². The van der Waals surface area contributed by atoms with Gasteiger partial charge in [-0.3, -0.25) is 4.79 Å². The van der Waals surface area contributed by atoms with Crippen LogP contribution in [0.25, 0.3) is 10.5 Å². The zero-order chi connectivity index (χ0) is 18.7. The lowest BCUT2D eigenvalue weighted by atomic mass is 10.2. The Balaban J connectivity index is 1.95. The molecule has 0 aliphatic carbocycles. The molecule has 26 heavy (non-hydrogen) atoms. The van der Waals surface area contributed by atoms with E-state index in [4.69, 9.17) is 11.7 Å². The molecule has 3 rings (SSSR count). The van der Waals surface area contributed by atoms with E-state index in [2.05, 4.69) is 15.3 Å². The number of carbonyl (C=O) groups is 1. The lowest BCUT2D eigenvalue weighted by molar-refractivity contribution is 0.101. The molecule has 0 aliphatic rings. The molecule has 0 atom stereocenters. The third kappa shape index (κ3) is 3.45. The van der Waals surface area contributed by atoms with Gasteiger partial charge in [0.05, 0.1) is 30.2 Å². The topological polar surface area (TPSA) is 71.5 Å². The van der Waals surface area contributed by atoms with E-state index in [-0.39, 0.29) is 18.0 Å². The number of aliphatic hydroxyl groups is 1. The summed E-state index contributed by atoms with van der Waals surface area (Å²) in [5, 5.41) is 15.8. The van der Waals surface area contributed by atoms with Gasteiger partial charge in [0.1, 0.15) is 11.5 Å². The molecule has 1 heterocycles. The first-order valence-corrected chi connectivity index (χ1v) is 7.77. The van der Waals surface area contributed by atoms with Crippen LogP contribution in [0.4, 0.5) is 15.8 Å². The number of nitrogens with one attached hydrogen (secondary N) is 1. The van der Waals surface area contributed by atoms with Crippen LogP contribution >= 0.6 is 0 Å². The summed E-state index contributed by atoms with van der Waals surface area (Å²) in [6.45, 7) is 8.56. The highest BCUT2D eigenvalue weighted by Crippen LogP contribution is 2.21. The van der Waals surface area contributed by atoms with Crippen molar-refractivity contribution in [2.24, 2.45) is 0 Å². The maximum atomic E-state index is 14.1. The highest BCUT2D eigenvalue weighted by atomic mass is 19.1. The summed E-state index contributed by atoms with van der Waals surface area (Å²) in [6, 6.07) is 12.4. The van der Waals surface area contributed by atoms with Gasteiger partial charge in [-0.05, 0) is 42.8 Å². The van der Waals surface area contributed by atoms with Gasteiger partial charge in [0.2, 0.25) is 0 Å². The van der Waals surface area contributed by atoms with Crippen LogP contribution < -0.4 is 5.32 Å². The quantitative estimate of drug-likeness (QED) is 0.706. The van der Waals surface area contributed by atoms with Crippen molar-refractivity contribution >= 4 is 17.3 Å². The maximum Gasteiger partial charge on any atom is 0.274 e. The van der Waals surface area contributed by atoms with Crippen molar-refractivity contribution in [3.63, 3.8) is 0 Å². The Labute approximate surface area is 149 Å². The third-order valence-electron chi connectivity index (χ3n) is 3.73. The number of benzene rings is 2. The van der Waals surface area contributed by atoms with Crippen LogP contribution in [0.3, 0.4) is 0 Å². The highest BCUT2D eigenvalue weighted by Gasteiger charge is 2.17. The van der Waals surface area contributed by atoms with Gasteiger partial charge in [-0.25, -0.2) is 13.9 Å². The summed E-state index contributed by atoms with van der Waals surface area (Å²) in [5.74, 6) is -1.17. The van der Waals surface area contributed by atoms with Gasteiger partial charge in [0.25, 0.3) is 5.91 Å². The number of aliphatic hydroxyl groups excluding tert-OH is 1. The largest absolute Gasteiger partial charge is 0.392 e. The first-order chi connectivity index (χ1) is 12.5. The number of anilines is 1. The summed E-state index contributed by atoms with van der Waals surface area (Å²) in [6.07, 6.45) is 0. The van der Waals surface area contributed by atoms with Crippen LogP contribution in [-0.4, -0.2) is 20.8 Å². The molecule has 0 radical (unpaired) electrons. The van der Waals surface area contributed by atoms with Crippen LogP contribution in [0.5, 0.6) is 0 Å². The van der Waals surface area contributed by atoms with Crippen LogP contribution in [0.2, 0.25) is 0 Å². The van der Waals surface area contributed by atoms with Crippen LogP contribution in [-0.2, 0) is 6.61 Å².